The van der Waals surface area contributed by atoms with Crippen LogP contribution >= 0.6 is 0 Å². The maximum absolute atomic E-state index is 10.1. The molecule has 31 heavy (non-hydrogen) atoms. The lowest BCUT2D eigenvalue weighted by Gasteiger charge is -2.20. The minimum atomic E-state index is -1.05. The summed E-state index contributed by atoms with van der Waals surface area (Å²) in [5, 5.41) is 28.6. The first-order chi connectivity index (χ1) is 15.2. The molecule has 0 saturated carbocycles. The van der Waals surface area contributed by atoms with Crippen LogP contribution < -0.4 is 0 Å². The average molecular weight is 445 g/mol. The Labute approximate surface area is 191 Å². The Morgan fingerprint density at radius 2 is 1.16 bits per heavy atom. The minimum Gasteiger partial charge on any atom is -0.394 e. The maximum atomic E-state index is 10.1. The van der Waals surface area contributed by atoms with E-state index in [1.54, 1.807) is 0 Å². The van der Waals surface area contributed by atoms with Crippen LogP contribution in [0.4, 0.5) is 0 Å². The van der Waals surface area contributed by atoms with E-state index in [-0.39, 0.29) is 6.61 Å². The van der Waals surface area contributed by atoms with E-state index in [4.69, 9.17) is 14.6 Å². The number of unbranched alkanes of at least 4 members (excludes halogenated alkanes) is 17. The average Bonchev–Trinajstić information content (AvgIpc) is 3.15. The summed E-state index contributed by atoms with van der Waals surface area (Å²) in [6.45, 7) is 2.77. The number of hydrogen-bond acceptors (Lipinski definition) is 5. The van der Waals surface area contributed by atoms with Gasteiger partial charge in [-0.1, -0.05) is 116 Å². The van der Waals surface area contributed by atoms with E-state index in [2.05, 4.69) is 6.92 Å². The molecule has 0 amide bonds. The van der Waals surface area contributed by atoms with Crippen molar-refractivity contribution in [1.82, 2.24) is 0 Å². The number of aliphatic hydroxyl groups is 3. The van der Waals surface area contributed by atoms with Crippen LogP contribution in [-0.2, 0) is 9.47 Å². The van der Waals surface area contributed by atoms with Crippen molar-refractivity contribution < 1.29 is 24.8 Å². The van der Waals surface area contributed by atoms with Gasteiger partial charge in [0.15, 0.2) is 0 Å². The van der Waals surface area contributed by atoms with Crippen molar-refractivity contribution in [3.63, 3.8) is 0 Å². The van der Waals surface area contributed by atoms with Crippen molar-refractivity contribution in [2.24, 2.45) is 0 Å². The molecule has 5 nitrogen and oxygen atoms in total. The molecule has 1 aliphatic rings. The number of aliphatic hydroxyl groups excluding tert-OH is 3. The molecule has 1 saturated heterocycles. The lowest BCUT2D eigenvalue weighted by molar-refractivity contribution is -0.0730. The second-order valence-electron chi connectivity index (χ2n) is 9.46. The lowest BCUT2D eigenvalue weighted by atomic mass is 10.0. The predicted octanol–water partition coefficient (Wildman–Crippen LogP) is 5.53. The molecule has 5 heteroatoms. The third kappa shape index (κ3) is 14.5. The normalized spacial score (nSPS) is 22.3. The summed E-state index contributed by atoms with van der Waals surface area (Å²) in [4.78, 5) is 0. The molecule has 4 atom stereocenters. The standard InChI is InChI=1S/C26H52O5/c1-2-3-4-5-6-7-8-9-10-11-12-13-14-15-16-17-18-19-20-30-24-22-31-26(25(24)29)23(28)21-27/h23-29H,2-22H2,1H3/t23-,24+,25-,26-/m1/s1. The van der Waals surface area contributed by atoms with Crippen molar-refractivity contribution in [3.05, 3.63) is 0 Å². The molecule has 1 rings (SSSR count). The first-order valence-electron chi connectivity index (χ1n) is 13.4. The van der Waals surface area contributed by atoms with Crippen LogP contribution in [0.15, 0.2) is 0 Å². The Morgan fingerprint density at radius 3 is 1.58 bits per heavy atom. The summed E-state index contributed by atoms with van der Waals surface area (Å²) in [6.07, 6.45) is 21.4. The van der Waals surface area contributed by atoms with Gasteiger partial charge >= 0.3 is 0 Å². The summed E-state index contributed by atoms with van der Waals surface area (Å²) in [5.41, 5.74) is 0. The molecule has 0 bridgehead atoms. The Bertz CT molecular complexity index is 379. The molecule has 0 aromatic heterocycles. The first-order valence-corrected chi connectivity index (χ1v) is 13.4. The van der Waals surface area contributed by atoms with Gasteiger partial charge < -0.3 is 24.8 Å². The molecular formula is C26H52O5. The van der Waals surface area contributed by atoms with Crippen LogP contribution in [0, 0.1) is 0 Å². The van der Waals surface area contributed by atoms with Crippen LogP contribution in [0.1, 0.15) is 122 Å². The zero-order valence-electron chi connectivity index (χ0n) is 20.3. The molecule has 0 unspecified atom stereocenters. The molecule has 0 aromatic rings. The summed E-state index contributed by atoms with van der Waals surface area (Å²) in [6, 6.07) is 0. The van der Waals surface area contributed by atoms with Gasteiger partial charge in [-0.2, -0.15) is 0 Å². The fourth-order valence-electron chi connectivity index (χ4n) is 4.44. The van der Waals surface area contributed by atoms with Crippen molar-refractivity contribution in [3.8, 4) is 0 Å². The van der Waals surface area contributed by atoms with E-state index in [0.29, 0.717) is 6.61 Å². The fourth-order valence-corrected chi connectivity index (χ4v) is 4.44. The van der Waals surface area contributed by atoms with E-state index in [9.17, 15) is 10.2 Å². The summed E-state index contributed by atoms with van der Waals surface area (Å²) < 4.78 is 11.0. The number of ether oxygens (including phenoxy) is 2. The van der Waals surface area contributed by atoms with E-state index in [1.165, 1.54) is 103 Å². The quantitative estimate of drug-likeness (QED) is 0.191. The molecule has 0 aromatic carbocycles. The lowest BCUT2D eigenvalue weighted by Crippen LogP contribution is -2.41. The Hall–Kier alpha value is -0.200. The second-order valence-corrected chi connectivity index (χ2v) is 9.46. The molecule has 186 valence electrons. The van der Waals surface area contributed by atoms with Crippen molar-refractivity contribution in [2.45, 2.75) is 147 Å². The highest BCUT2D eigenvalue weighted by molar-refractivity contribution is 4.88. The molecule has 0 aliphatic carbocycles. The minimum absolute atomic E-state index is 0.280. The Balaban J connectivity index is 1.76. The molecule has 3 N–H and O–H groups in total. The SMILES string of the molecule is CCCCCCCCCCCCCCCCCCCCO[C@H]1CO[C@H]([C@H](O)CO)[C@@H]1O. The van der Waals surface area contributed by atoms with Crippen LogP contribution in [0.3, 0.4) is 0 Å². The van der Waals surface area contributed by atoms with Gasteiger partial charge in [-0.25, -0.2) is 0 Å². The predicted molar refractivity (Wildman–Crippen MR) is 127 cm³/mol. The van der Waals surface area contributed by atoms with Gasteiger partial charge in [0, 0.05) is 6.61 Å². The Kier molecular flexibility index (Phi) is 19.0. The van der Waals surface area contributed by atoms with Crippen LogP contribution in [0.2, 0.25) is 0 Å². The summed E-state index contributed by atoms with van der Waals surface area (Å²) in [7, 11) is 0. The second kappa shape index (κ2) is 20.4. The topological polar surface area (TPSA) is 79.2 Å². The summed E-state index contributed by atoms with van der Waals surface area (Å²) in [5.74, 6) is 0. The first kappa shape index (κ1) is 28.8. The van der Waals surface area contributed by atoms with Gasteiger partial charge in [-0.05, 0) is 6.42 Å². The maximum Gasteiger partial charge on any atom is 0.114 e. The molecule has 1 fully saturated rings. The van der Waals surface area contributed by atoms with Gasteiger partial charge in [-0.3, -0.25) is 0 Å². The van der Waals surface area contributed by atoms with Crippen molar-refractivity contribution >= 4 is 0 Å². The molecule has 1 aliphatic heterocycles. The van der Waals surface area contributed by atoms with Gasteiger partial charge in [0.25, 0.3) is 0 Å². The van der Waals surface area contributed by atoms with E-state index < -0.39 is 31.0 Å². The Morgan fingerprint density at radius 1 is 0.742 bits per heavy atom. The van der Waals surface area contributed by atoms with E-state index in [1.807, 2.05) is 0 Å². The third-order valence-corrected chi connectivity index (χ3v) is 6.57. The van der Waals surface area contributed by atoms with Crippen molar-refractivity contribution in [2.75, 3.05) is 19.8 Å². The van der Waals surface area contributed by atoms with Crippen LogP contribution in [-0.4, -0.2) is 59.6 Å². The molecule has 0 spiro atoms. The van der Waals surface area contributed by atoms with E-state index in [0.717, 1.165) is 12.8 Å². The van der Waals surface area contributed by atoms with E-state index >= 15 is 0 Å². The summed E-state index contributed by atoms with van der Waals surface area (Å²) >= 11 is 0. The van der Waals surface area contributed by atoms with Gasteiger partial charge in [0.1, 0.15) is 24.4 Å². The molecule has 0 radical (unpaired) electrons. The number of hydrogen-bond donors (Lipinski definition) is 3. The van der Waals surface area contributed by atoms with Crippen molar-refractivity contribution in [1.29, 1.82) is 0 Å². The monoisotopic (exact) mass is 444 g/mol. The third-order valence-electron chi connectivity index (χ3n) is 6.57. The van der Waals surface area contributed by atoms with Gasteiger partial charge in [0.2, 0.25) is 0 Å². The largest absolute Gasteiger partial charge is 0.394 e. The highest BCUT2D eigenvalue weighted by Crippen LogP contribution is 2.21. The van der Waals surface area contributed by atoms with Crippen LogP contribution in [0.5, 0.6) is 0 Å². The van der Waals surface area contributed by atoms with Gasteiger partial charge in [0.05, 0.1) is 13.2 Å². The molecular weight excluding hydrogens is 392 g/mol. The highest BCUT2D eigenvalue weighted by Gasteiger charge is 2.40. The highest BCUT2D eigenvalue weighted by atomic mass is 16.6. The van der Waals surface area contributed by atoms with Gasteiger partial charge in [-0.15, -0.1) is 0 Å². The smallest absolute Gasteiger partial charge is 0.114 e. The zero-order valence-corrected chi connectivity index (χ0v) is 20.3. The number of rotatable bonds is 22. The molecule has 1 heterocycles. The van der Waals surface area contributed by atoms with Crippen LogP contribution in [0.25, 0.3) is 0 Å². The fraction of sp³-hybridized carbons (Fsp3) is 1.00. The zero-order chi connectivity index (χ0) is 22.6.